The van der Waals surface area contributed by atoms with E-state index in [1.807, 2.05) is 0 Å². The van der Waals surface area contributed by atoms with E-state index in [9.17, 15) is 13.2 Å². The summed E-state index contributed by atoms with van der Waals surface area (Å²) in [5.74, 6) is -0.391. The number of sulfonamides is 1. The lowest BCUT2D eigenvalue weighted by molar-refractivity contribution is 0.102. The molecule has 0 aliphatic carbocycles. The molecule has 3 aromatic carbocycles. The van der Waals surface area contributed by atoms with E-state index < -0.39 is 15.9 Å². The van der Waals surface area contributed by atoms with Gasteiger partial charge in [0.1, 0.15) is 11.0 Å². The predicted molar refractivity (Wildman–Crippen MR) is 114 cm³/mol. The highest BCUT2D eigenvalue weighted by molar-refractivity contribution is 7.92. The number of hydrogen-bond donors (Lipinski definition) is 2. The van der Waals surface area contributed by atoms with Crippen LogP contribution in [-0.2, 0) is 10.0 Å². The first kappa shape index (κ1) is 19.3. The van der Waals surface area contributed by atoms with Crippen molar-refractivity contribution in [1.29, 1.82) is 0 Å². The fraction of sp³-hybridized carbons (Fsp3) is 0. The number of benzene rings is 3. The molecule has 1 heterocycles. The lowest BCUT2D eigenvalue weighted by atomic mass is 10.2. The molecule has 4 rings (SSSR count). The third-order valence-electron chi connectivity index (χ3n) is 4.04. The first-order valence-electron chi connectivity index (χ1n) is 8.33. The molecule has 7 nitrogen and oxygen atoms in total. The van der Waals surface area contributed by atoms with Crippen molar-refractivity contribution in [2.75, 3.05) is 10.0 Å². The fourth-order valence-corrected chi connectivity index (χ4v) is 4.38. The molecule has 29 heavy (non-hydrogen) atoms. The smallest absolute Gasteiger partial charge is 0.261 e. The van der Waals surface area contributed by atoms with E-state index in [0.717, 1.165) is 11.7 Å². The number of fused-ring (bicyclic) bond motifs is 1. The number of amides is 1. The third-order valence-corrected chi connectivity index (χ3v) is 6.23. The van der Waals surface area contributed by atoms with E-state index in [1.54, 1.807) is 36.4 Å². The van der Waals surface area contributed by atoms with Gasteiger partial charge in [-0.15, -0.1) is 0 Å². The van der Waals surface area contributed by atoms with Gasteiger partial charge in [-0.3, -0.25) is 9.52 Å². The molecular formula is C19H13ClN4O3S2. The van der Waals surface area contributed by atoms with Crippen molar-refractivity contribution >= 4 is 61.7 Å². The molecule has 1 aromatic heterocycles. The normalized spacial score (nSPS) is 11.3. The molecule has 0 saturated carbocycles. The Morgan fingerprint density at radius 3 is 2.52 bits per heavy atom. The van der Waals surface area contributed by atoms with Crippen molar-refractivity contribution in [2.24, 2.45) is 0 Å². The van der Waals surface area contributed by atoms with Crippen LogP contribution in [0.15, 0.2) is 71.6 Å². The van der Waals surface area contributed by atoms with E-state index >= 15 is 0 Å². The van der Waals surface area contributed by atoms with Gasteiger partial charge in [0.05, 0.1) is 22.3 Å². The highest BCUT2D eigenvalue weighted by Crippen LogP contribution is 2.23. The van der Waals surface area contributed by atoms with Gasteiger partial charge in [0, 0.05) is 16.3 Å². The number of nitrogens with zero attached hydrogens (tertiary/aromatic N) is 2. The molecule has 0 fully saturated rings. The summed E-state index contributed by atoms with van der Waals surface area (Å²) >= 11 is 6.87. The number of carbonyl (C=O) groups excluding carboxylic acids is 1. The number of hydrogen-bond acceptors (Lipinski definition) is 6. The molecular weight excluding hydrogens is 432 g/mol. The number of anilines is 2. The summed E-state index contributed by atoms with van der Waals surface area (Å²) in [6.45, 7) is 0. The quantitative estimate of drug-likeness (QED) is 0.475. The Labute approximate surface area is 175 Å². The summed E-state index contributed by atoms with van der Waals surface area (Å²) in [5, 5.41) is 3.23. The first-order valence-corrected chi connectivity index (χ1v) is 10.9. The Bertz CT molecular complexity index is 1300. The zero-order valence-corrected chi connectivity index (χ0v) is 17.1. The maximum atomic E-state index is 12.7. The van der Waals surface area contributed by atoms with Gasteiger partial charge >= 0.3 is 0 Å². The second kappa shape index (κ2) is 7.78. The molecule has 0 atom stereocenters. The SMILES string of the molecule is O=C(Nc1cccc2nsnc12)c1cccc(NS(=O)(=O)c2ccc(Cl)cc2)c1. The van der Waals surface area contributed by atoms with Crippen molar-refractivity contribution in [3.8, 4) is 0 Å². The van der Waals surface area contributed by atoms with E-state index in [4.69, 9.17) is 11.6 Å². The summed E-state index contributed by atoms with van der Waals surface area (Å²) in [7, 11) is -3.81. The van der Waals surface area contributed by atoms with Gasteiger partial charge in [-0.05, 0) is 54.6 Å². The van der Waals surface area contributed by atoms with Crippen LogP contribution in [0.4, 0.5) is 11.4 Å². The van der Waals surface area contributed by atoms with E-state index in [2.05, 4.69) is 18.8 Å². The number of halogens is 1. The van der Waals surface area contributed by atoms with Crippen molar-refractivity contribution in [3.63, 3.8) is 0 Å². The molecule has 0 saturated heterocycles. The van der Waals surface area contributed by atoms with Crippen LogP contribution in [-0.4, -0.2) is 23.1 Å². The zero-order chi connectivity index (χ0) is 20.4. The molecule has 0 aliphatic rings. The monoisotopic (exact) mass is 444 g/mol. The maximum absolute atomic E-state index is 12.7. The predicted octanol–water partition coefficient (Wildman–Crippen LogP) is 4.40. The van der Waals surface area contributed by atoms with Crippen LogP contribution >= 0.6 is 23.3 Å². The van der Waals surface area contributed by atoms with Gasteiger partial charge in [0.2, 0.25) is 0 Å². The maximum Gasteiger partial charge on any atom is 0.261 e. The molecule has 0 aliphatic heterocycles. The summed E-state index contributed by atoms with van der Waals surface area (Å²) in [6.07, 6.45) is 0. The van der Waals surface area contributed by atoms with E-state index in [-0.39, 0.29) is 10.6 Å². The van der Waals surface area contributed by atoms with Crippen molar-refractivity contribution in [1.82, 2.24) is 8.75 Å². The van der Waals surface area contributed by atoms with Gasteiger partial charge in [-0.1, -0.05) is 23.7 Å². The second-order valence-corrected chi connectivity index (χ2v) is 8.68. The highest BCUT2D eigenvalue weighted by atomic mass is 35.5. The van der Waals surface area contributed by atoms with Crippen LogP contribution in [0.25, 0.3) is 11.0 Å². The fourth-order valence-electron chi connectivity index (χ4n) is 2.65. The average molecular weight is 445 g/mol. The molecule has 2 N–H and O–H groups in total. The highest BCUT2D eigenvalue weighted by Gasteiger charge is 2.16. The minimum Gasteiger partial charge on any atom is -0.320 e. The van der Waals surface area contributed by atoms with Gasteiger partial charge in [-0.25, -0.2) is 8.42 Å². The van der Waals surface area contributed by atoms with Gasteiger partial charge in [0.15, 0.2) is 0 Å². The van der Waals surface area contributed by atoms with Gasteiger partial charge in [-0.2, -0.15) is 8.75 Å². The van der Waals surface area contributed by atoms with Crippen LogP contribution in [0.3, 0.4) is 0 Å². The van der Waals surface area contributed by atoms with Crippen LogP contribution in [0.2, 0.25) is 5.02 Å². The van der Waals surface area contributed by atoms with E-state index in [0.29, 0.717) is 27.3 Å². The second-order valence-electron chi connectivity index (χ2n) is 6.03. The third kappa shape index (κ3) is 4.21. The number of aromatic nitrogens is 2. The summed E-state index contributed by atoms with van der Waals surface area (Å²) in [4.78, 5) is 12.7. The lowest BCUT2D eigenvalue weighted by Crippen LogP contribution is -2.15. The number of rotatable bonds is 5. The molecule has 1 amide bonds. The minimum atomic E-state index is -3.81. The molecule has 10 heteroatoms. The van der Waals surface area contributed by atoms with Crippen molar-refractivity contribution in [3.05, 3.63) is 77.3 Å². The summed E-state index contributed by atoms with van der Waals surface area (Å²) in [5.41, 5.74) is 2.39. The summed E-state index contributed by atoms with van der Waals surface area (Å²) < 4.78 is 35.9. The number of carbonyl (C=O) groups is 1. The van der Waals surface area contributed by atoms with E-state index in [1.165, 1.54) is 30.3 Å². The minimum absolute atomic E-state index is 0.0689. The van der Waals surface area contributed by atoms with Crippen LogP contribution < -0.4 is 10.0 Å². The topological polar surface area (TPSA) is 101 Å². The molecule has 0 unspecified atom stereocenters. The Kier molecular flexibility index (Phi) is 5.18. The molecule has 146 valence electrons. The molecule has 4 aromatic rings. The molecule has 0 bridgehead atoms. The van der Waals surface area contributed by atoms with Crippen LogP contribution in [0, 0.1) is 0 Å². The lowest BCUT2D eigenvalue weighted by Gasteiger charge is -2.10. The average Bonchev–Trinajstić information content (AvgIpc) is 3.18. The largest absolute Gasteiger partial charge is 0.320 e. The molecule has 0 spiro atoms. The zero-order valence-electron chi connectivity index (χ0n) is 14.7. The number of nitrogens with one attached hydrogen (secondary N) is 2. The van der Waals surface area contributed by atoms with Crippen molar-refractivity contribution in [2.45, 2.75) is 4.90 Å². The Hall–Kier alpha value is -3.01. The Morgan fingerprint density at radius 2 is 1.72 bits per heavy atom. The Morgan fingerprint density at radius 1 is 0.966 bits per heavy atom. The Balaban J connectivity index is 1.56. The van der Waals surface area contributed by atoms with Crippen LogP contribution in [0.1, 0.15) is 10.4 Å². The van der Waals surface area contributed by atoms with Crippen molar-refractivity contribution < 1.29 is 13.2 Å². The summed E-state index contributed by atoms with van der Waals surface area (Å²) in [6, 6.07) is 17.3. The van der Waals surface area contributed by atoms with Gasteiger partial charge < -0.3 is 5.32 Å². The standard InChI is InChI=1S/C19H13ClN4O3S2/c20-13-7-9-15(10-8-13)29(26,27)24-14-4-1-3-12(11-14)19(25)21-16-5-2-6-17-18(16)23-28-22-17/h1-11,24H,(H,21,25). The molecule has 0 radical (unpaired) electrons. The van der Waals surface area contributed by atoms with Gasteiger partial charge in [0.25, 0.3) is 15.9 Å². The first-order chi connectivity index (χ1) is 13.9. The van der Waals surface area contributed by atoms with Crippen LogP contribution in [0.5, 0.6) is 0 Å².